The van der Waals surface area contributed by atoms with Gasteiger partial charge in [-0.1, -0.05) is 31.5 Å². The first-order valence-electron chi connectivity index (χ1n) is 10.4. The molecule has 1 aromatic carbocycles. The number of amides is 1. The Bertz CT molecular complexity index is 1090. The molecule has 1 aromatic heterocycles. The lowest BCUT2D eigenvalue weighted by Gasteiger charge is -2.27. The Kier molecular flexibility index (Phi) is 7.58. The van der Waals surface area contributed by atoms with Crippen molar-refractivity contribution in [3.05, 3.63) is 45.8 Å². The van der Waals surface area contributed by atoms with Crippen LogP contribution in [-0.2, 0) is 32.5 Å². The second-order valence-electron chi connectivity index (χ2n) is 7.41. The van der Waals surface area contributed by atoms with Crippen LogP contribution in [0.15, 0.2) is 28.5 Å². The molecule has 8 nitrogen and oxygen atoms in total. The highest BCUT2D eigenvalue weighted by atomic mass is 32.2. The lowest BCUT2D eigenvalue weighted by atomic mass is 10.0. The minimum Gasteiger partial charge on any atom is -0.484 e. The van der Waals surface area contributed by atoms with E-state index in [0.717, 1.165) is 16.9 Å². The number of nitrogens with zero attached hydrogens (tertiary/aromatic N) is 2. The average molecular weight is 481 g/mol. The molecular weight excluding hydrogens is 452 g/mol. The van der Waals surface area contributed by atoms with E-state index in [2.05, 4.69) is 0 Å². The Morgan fingerprint density at radius 3 is 2.41 bits per heavy atom. The summed E-state index contributed by atoms with van der Waals surface area (Å²) in [5.41, 5.74) is 1.85. The number of methoxy groups -OCH3 is 1. The number of fused-ring (bicyclic) bond motifs is 1. The molecule has 0 fully saturated rings. The van der Waals surface area contributed by atoms with Gasteiger partial charge in [-0.15, -0.1) is 11.3 Å². The minimum absolute atomic E-state index is 0.0109. The predicted octanol–water partition coefficient (Wildman–Crippen LogP) is 2.84. The summed E-state index contributed by atoms with van der Waals surface area (Å²) < 4.78 is 38.2. The number of hydrogen-bond donors (Lipinski definition) is 0. The molecule has 1 aliphatic heterocycles. The van der Waals surface area contributed by atoms with Gasteiger partial charge in [0.05, 0.1) is 19.2 Å². The third kappa shape index (κ3) is 4.82. The van der Waals surface area contributed by atoms with Crippen molar-refractivity contribution in [1.29, 1.82) is 0 Å². The van der Waals surface area contributed by atoms with E-state index in [1.54, 1.807) is 18.7 Å². The third-order valence-corrected chi connectivity index (χ3v) is 9.19. The summed E-state index contributed by atoms with van der Waals surface area (Å²) in [5.74, 6) is -0.258. The molecule has 0 saturated heterocycles. The summed E-state index contributed by atoms with van der Waals surface area (Å²) in [5, 5.41) is 0. The highest BCUT2D eigenvalue weighted by Crippen LogP contribution is 2.38. The van der Waals surface area contributed by atoms with Crippen molar-refractivity contribution in [2.24, 2.45) is 0 Å². The van der Waals surface area contributed by atoms with Crippen LogP contribution in [0.4, 0.5) is 0 Å². The molecule has 0 atom stereocenters. The predicted molar refractivity (Wildman–Crippen MR) is 122 cm³/mol. The molecular formula is C22H28N2O6S2. The summed E-state index contributed by atoms with van der Waals surface area (Å²) in [6.07, 6.45) is 0.375. The van der Waals surface area contributed by atoms with Crippen LogP contribution in [0.5, 0.6) is 5.75 Å². The summed E-state index contributed by atoms with van der Waals surface area (Å²) in [6.45, 7) is 6.55. The zero-order chi connectivity index (χ0) is 23.5. The summed E-state index contributed by atoms with van der Waals surface area (Å²) >= 11 is 1.04. The van der Waals surface area contributed by atoms with Crippen LogP contribution in [0, 0.1) is 6.92 Å². The average Bonchev–Trinajstić information content (AvgIpc) is 3.18. The van der Waals surface area contributed by atoms with Gasteiger partial charge in [-0.25, -0.2) is 13.2 Å². The van der Waals surface area contributed by atoms with Crippen molar-refractivity contribution in [2.45, 2.75) is 37.9 Å². The van der Waals surface area contributed by atoms with E-state index in [4.69, 9.17) is 9.47 Å². The van der Waals surface area contributed by atoms with E-state index in [-0.39, 0.29) is 28.8 Å². The minimum atomic E-state index is -3.85. The van der Waals surface area contributed by atoms with E-state index < -0.39 is 16.0 Å². The third-order valence-electron chi connectivity index (χ3n) is 5.43. The maximum Gasteiger partial charge on any atom is 0.340 e. The highest BCUT2D eigenvalue weighted by molar-refractivity contribution is 7.91. The lowest BCUT2D eigenvalue weighted by Crippen LogP contribution is -2.38. The number of ether oxygens (including phenoxy) is 2. The molecule has 1 aliphatic rings. The fraction of sp³-hybridized carbons (Fsp3) is 0.455. The van der Waals surface area contributed by atoms with E-state index >= 15 is 0 Å². The molecule has 1 amide bonds. The Morgan fingerprint density at radius 2 is 1.81 bits per heavy atom. The lowest BCUT2D eigenvalue weighted by molar-refractivity contribution is -0.134. The number of carbonyl (C=O) groups is 2. The van der Waals surface area contributed by atoms with Crippen LogP contribution in [0.2, 0.25) is 0 Å². The second kappa shape index (κ2) is 10.0. The largest absolute Gasteiger partial charge is 0.484 e. The molecule has 32 heavy (non-hydrogen) atoms. The molecule has 0 N–H and O–H groups in total. The SMILES string of the molecule is CCN(CC)S(=O)(=O)c1sc2c(c1C(=O)OC)CCN(C(=O)COc1ccc(C)cc1)C2. The van der Waals surface area contributed by atoms with Crippen LogP contribution >= 0.6 is 11.3 Å². The number of esters is 1. The summed E-state index contributed by atoms with van der Waals surface area (Å²) in [4.78, 5) is 27.5. The van der Waals surface area contributed by atoms with Gasteiger partial charge in [0.25, 0.3) is 15.9 Å². The quantitative estimate of drug-likeness (QED) is 0.540. The van der Waals surface area contributed by atoms with Crippen molar-refractivity contribution < 1.29 is 27.5 Å². The number of sulfonamides is 1. The van der Waals surface area contributed by atoms with E-state index in [1.165, 1.54) is 11.4 Å². The molecule has 0 bridgehead atoms. The smallest absolute Gasteiger partial charge is 0.340 e. The normalized spacial score (nSPS) is 13.7. The van der Waals surface area contributed by atoms with Crippen molar-refractivity contribution in [2.75, 3.05) is 33.4 Å². The van der Waals surface area contributed by atoms with E-state index in [9.17, 15) is 18.0 Å². The molecule has 0 spiro atoms. The van der Waals surface area contributed by atoms with Crippen molar-refractivity contribution >= 4 is 33.2 Å². The Hall–Kier alpha value is -2.43. The van der Waals surface area contributed by atoms with Crippen molar-refractivity contribution in [3.8, 4) is 5.75 Å². The molecule has 2 heterocycles. The Morgan fingerprint density at radius 1 is 1.16 bits per heavy atom. The molecule has 0 aliphatic carbocycles. The fourth-order valence-electron chi connectivity index (χ4n) is 3.63. The van der Waals surface area contributed by atoms with Gasteiger partial charge in [-0.3, -0.25) is 4.79 Å². The maximum atomic E-state index is 13.2. The standard InChI is InChI=1S/C22H28N2O6S2/c1-5-24(6-2)32(27,28)22-20(21(26)29-4)17-11-12-23(13-18(17)31-22)19(25)14-30-16-9-7-15(3)8-10-16/h7-10H,5-6,11-14H2,1-4H3. The van der Waals surface area contributed by atoms with Crippen LogP contribution in [-0.4, -0.2) is 62.9 Å². The van der Waals surface area contributed by atoms with Crippen LogP contribution < -0.4 is 4.74 Å². The first-order chi connectivity index (χ1) is 15.2. The molecule has 3 rings (SSSR count). The maximum absolute atomic E-state index is 13.2. The number of carbonyl (C=O) groups excluding carboxylic acids is 2. The van der Waals surface area contributed by atoms with Crippen molar-refractivity contribution in [1.82, 2.24) is 9.21 Å². The van der Waals surface area contributed by atoms with Gasteiger partial charge in [-0.05, 0) is 31.0 Å². The van der Waals surface area contributed by atoms with Gasteiger partial charge in [-0.2, -0.15) is 4.31 Å². The second-order valence-corrected chi connectivity index (χ2v) is 10.7. The molecule has 0 saturated carbocycles. The van der Waals surface area contributed by atoms with Gasteiger partial charge < -0.3 is 14.4 Å². The highest BCUT2D eigenvalue weighted by Gasteiger charge is 2.36. The first kappa shape index (κ1) is 24.2. The van der Waals surface area contributed by atoms with Crippen LogP contribution in [0.1, 0.15) is 40.2 Å². The summed E-state index contributed by atoms with van der Waals surface area (Å²) in [6, 6.07) is 7.43. The number of hydrogen-bond acceptors (Lipinski definition) is 7. The summed E-state index contributed by atoms with van der Waals surface area (Å²) in [7, 11) is -2.61. The van der Waals surface area contributed by atoms with Gasteiger partial charge in [0.1, 0.15) is 9.96 Å². The van der Waals surface area contributed by atoms with Gasteiger partial charge >= 0.3 is 5.97 Å². The Balaban J connectivity index is 1.84. The molecule has 174 valence electrons. The van der Waals surface area contributed by atoms with Gasteiger partial charge in [0.2, 0.25) is 0 Å². The number of aryl methyl sites for hydroxylation is 1. The van der Waals surface area contributed by atoms with Crippen LogP contribution in [0.25, 0.3) is 0 Å². The zero-order valence-electron chi connectivity index (χ0n) is 18.7. The first-order valence-corrected chi connectivity index (χ1v) is 12.7. The molecule has 0 unspecified atom stereocenters. The molecule has 2 aromatic rings. The van der Waals surface area contributed by atoms with E-state index in [0.29, 0.717) is 42.2 Å². The van der Waals surface area contributed by atoms with E-state index in [1.807, 2.05) is 31.2 Å². The van der Waals surface area contributed by atoms with Crippen LogP contribution in [0.3, 0.4) is 0 Å². The molecule has 0 radical (unpaired) electrons. The fourth-order valence-corrected chi connectivity index (χ4v) is 7.13. The number of thiophene rings is 1. The number of rotatable bonds is 8. The number of benzene rings is 1. The Labute approximate surface area is 192 Å². The topological polar surface area (TPSA) is 93.2 Å². The van der Waals surface area contributed by atoms with Gasteiger partial charge in [0, 0.05) is 24.5 Å². The monoisotopic (exact) mass is 480 g/mol. The van der Waals surface area contributed by atoms with Gasteiger partial charge in [0.15, 0.2) is 6.61 Å². The van der Waals surface area contributed by atoms with Crippen molar-refractivity contribution in [3.63, 3.8) is 0 Å². The molecule has 10 heteroatoms. The zero-order valence-corrected chi connectivity index (χ0v) is 20.3.